The van der Waals surface area contributed by atoms with E-state index in [1.807, 2.05) is 0 Å². The van der Waals surface area contributed by atoms with Gasteiger partial charge >= 0.3 is 0 Å². The van der Waals surface area contributed by atoms with Crippen LogP contribution in [0.2, 0.25) is 0 Å². The van der Waals surface area contributed by atoms with Crippen molar-refractivity contribution in [3.05, 3.63) is 11.6 Å². The van der Waals surface area contributed by atoms with Crippen LogP contribution in [0.4, 0.5) is 0 Å². The van der Waals surface area contributed by atoms with E-state index in [0.29, 0.717) is 5.57 Å². The van der Waals surface area contributed by atoms with E-state index < -0.39 is 0 Å². The Labute approximate surface area is 48.8 Å². The first kappa shape index (κ1) is 7.37. The van der Waals surface area contributed by atoms with E-state index in [1.165, 1.54) is 13.0 Å². The Kier molecular flexibility index (Phi) is 3.12. The van der Waals surface area contributed by atoms with Gasteiger partial charge in [-0.05, 0) is 19.4 Å². The molecule has 0 saturated heterocycles. The maximum absolute atomic E-state index is 10.4. The molecule has 0 rings (SSSR count). The van der Waals surface area contributed by atoms with Gasteiger partial charge in [-0.1, -0.05) is 6.08 Å². The van der Waals surface area contributed by atoms with Crippen molar-refractivity contribution >= 4 is 5.78 Å². The third-order valence-electron chi connectivity index (χ3n) is 0.953. The largest absolute Gasteiger partial charge is 0.392 e. The van der Waals surface area contributed by atoms with E-state index >= 15 is 0 Å². The number of ketones is 1. The first-order chi connectivity index (χ1) is 3.68. The SMILES string of the molecule is CC(=O)C(C)=CCO. The molecule has 0 aliphatic rings. The van der Waals surface area contributed by atoms with Crippen molar-refractivity contribution in [1.29, 1.82) is 0 Å². The zero-order chi connectivity index (χ0) is 6.57. The van der Waals surface area contributed by atoms with Gasteiger partial charge in [0, 0.05) is 0 Å². The second-order valence-electron chi connectivity index (χ2n) is 1.63. The summed E-state index contributed by atoms with van der Waals surface area (Å²) in [6.45, 7) is 3.10. The third kappa shape index (κ3) is 2.53. The Morgan fingerprint density at radius 1 is 1.62 bits per heavy atom. The summed E-state index contributed by atoms with van der Waals surface area (Å²) >= 11 is 0. The zero-order valence-corrected chi connectivity index (χ0v) is 5.14. The van der Waals surface area contributed by atoms with Crippen LogP contribution in [0, 0.1) is 0 Å². The normalized spacial score (nSPS) is 11.6. The minimum Gasteiger partial charge on any atom is -0.392 e. The molecule has 0 radical (unpaired) electrons. The minimum atomic E-state index is -0.0502. The molecule has 0 aromatic carbocycles. The number of carbonyl (C=O) groups excluding carboxylic acids is 1. The number of aliphatic hydroxyl groups excluding tert-OH is 1. The fraction of sp³-hybridized carbons (Fsp3) is 0.500. The van der Waals surface area contributed by atoms with Gasteiger partial charge in [-0.3, -0.25) is 4.79 Å². The monoisotopic (exact) mass is 114 g/mol. The Morgan fingerprint density at radius 3 is 2.25 bits per heavy atom. The summed E-state index contributed by atoms with van der Waals surface area (Å²) in [6.07, 6.45) is 1.49. The molecule has 0 atom stereocenters. The van der Waals surface area contributed by atoms with Gasteiger partial charge in [-0.15, -0.1) is 0 Å². The Bertz CT molecular complexity index is 114. The van der Waals surface area contributed by atoms with E-state index in [9.17, 15) is 4.79 Å². The molecule has 2 heteroatoms. The second-order valence-corrected chi connectivity index (χ2v) is 1.63. The van der Waals surface area contributed by atoms with Crippen LogP contribution in [0.25, 0.3) is 0 Å². The molecule has 0 aliphatic heterocycles. The van der Waals surface area contributed by atoms with Crippen LogP contribution in [-0.4, -0.2) is 17.5 Å². The first-order valence-electron chi connectivity index (χ1n) is 2.47. The number of hydrogen-bond acceptors (Lipinski definition) is 2. The van der Waals surface area contributed by atoms with Gasteiger partial charge in [-0.25, -0.2) is 0 Å². The molecule has 0 aliphatic carbocycles. The summed E-state index contributed by atoms with van der Waals surface area (Å²) in [5.74, 6) is 0.0130. The predicted molar refractivity (Wildman–Crippen MR) is 31.5 cm³/mol. The quantitative estimate of drug-likeness (QED) is 0.531. The molecule has 8 heavy (non-hydrogen) atoms. The van der Waals surface area contributed by atoms with Crippen molar-refractivity contribution < 1.29 is 9.90 Å². The molecule has 0 aromatic heterocycles. The lowest BCUT2D eigenvalue weighted by atomic mass is 10.2. The lowest BCUT2D eigenvalue weighted by Crippen LogP contribution is -1.91. The van der Waals surface area contributed by atoms with Crippen LogP contribution in [-0.2, 0) is 4.79 Å². The van der Waals surface area contributed by atoms with Gasteiger partial charge in [-0.2, -0.15) is 0 Å². The van der Waals surface area contributed by atoms with Gasteiger partial charge in [0.15, 0.2) is 5.78 Å². The molecule has 46 valence electrons. The van der Waals surface area contributed by atoms with E-state index in [4.69, 9.17) is 5.11 Å². The van der Waals surface area contributed by atoms with Crippen LogP contribution in [0.1, 0.15) is 13.8 Å². The van der Waals surface area contributed by atoms with Gasteiger partial charge < -0.3 is 5.11 Å². The Balaban J connectivity index is 3.80. The second kappa shape index (κ2) is 3.38. The molecule has 0 heterocycles. The highest BCUT2D eigenvalue weighted by atomic mass is 16.2. The summed E-state index contributed by atoms with van der Waals surface area (Å²) in [5, 5.41) is 8.26. The van der Waals surface area contributed by atoms with Gasteiger partial charge in [0.1, 0.15) is 0 Å². The molecule has 0 fully saturated rings. The molecule has 2 nitrogen and oxygen atoms in total. The predicted octanol–water partition coefficient (Wildman–Crippen LogP) is 0.514. The van der Waals surface area contributed by atoms with Crippen LogP contribution >= 0.6 is 0 Å². The lowest BCUT2D eigenvalue weighted by Gasteiger charge is -1.88. The van der Waals surface area contributed by atoms with Gasteiger partial charge in [0.05, 0.1) is 6.61 Å². The molecular formula is C6H10O2. The van der Waals surface area contributed by atoms with Crippen molar-refractivity contribution in [2.45, 2.75) is 13.8 Å². The molecule has 0 bridgehead atoms. The standard InChI is InChI=1S/C6H10O2/c1-5(3-4-7)6(2)8/h3,7H,4H2,1-2H3. The number of Topliss-reactive ketones (excluding diaryl/α,β-unsaturated/α-hetero) is 1. The van der Waals surface area contributed by atoms with Crippen LogP contribution < -0.4 is 0 Å². The molecule has 0 spiro atoms. The number of rotatable bonds is 2. The average Bonchev–Trinajstić information content (AvgIpc) is 1.67. The summed E-state index contributed by atoms with van der Waals surface area (Å²) in [4.78, 5) is 10.4. The number of carbonyl (C=O) groups is 1. The third-order valence-corrected chi connectivity index (χ3v) is 0.953. The fourth-order valence-corrected chi connectivity index (χ4v) is 0.281. The van der Waals surface area contributed by atoms with Gasteiger partial charge in [0.2, 0.25) is 0 Å². The maximum atomic E-state index is 10.4. The fourth-order valence-electron chi connectivity index (χ4n) is 0.281. The summed E-state index contributed by atoms with van der Waals surface area (Å²) in [5.41, 5.74) is 0.618. The van der Waals surface area contributed by atoms with Crippen LogP contribution in [0.15, 0.2) is 11.6 Å². The summed E-state index contributed by atoms with van der Waals surface area (Å²) in [7, 11) is 0. The molecule has 0 saturated carbocycles. The molecule has 0 amide bonds. The van der Waals surface area contributed by atoms with Crippen molar-refractivity contribution in [2.24, 2.45) is 0 Å². The lowest BCUT2D eigenvalue weighted by molar-refractivity contribution is -0.113. The average molecular weight is 114 g/mol. The van der Waals surface area contributed by atoms with Crippen molar-refractivity contribution in [2.75, 3.05) is 6.61 Å². The minimum absolute atomic E-state index is 0.0130. The number of aliphatic hydroxyl groups is 1. The Hall–Kier alpha value is -0.630. The molecule has 0 unspecified atom stereocenters. The molecule has 1 N–H and O–H groups in total. The number of hydrogen-bond donors (Lipinski definition) is 1. The maximum Gasteiger partial charge on any atom is 0.155 e. The highest BCUT2D eigenvalue weighted by Gasteiger charge is 1.91. The van der Waals surface area contributed by atoms with Crippen molar-refractivity contribution in [1.82, 2.24) is 0 Å². The smallest absolute Gasteiger partial charge is 0.155 e. The van der Waals surface area contributed by atoms with Crippen LogP contribution in [0.5, 0.6) is 0 Å². The van der Waals surface area contributed by atoms with E-state index in [2.05, 4.69) is 0 Å². The first-order valence-corrected chi connectivity index (χ1v) is 2.47. The summed E-state index contributed by atoms with van der Waals surface area (Å²) in [6, 6.07) is 0. The Morgan fingerprint density at radius 2 is 2.12 bits per heavy atom. The zero-order valence-electron chi connectivity index (χ0n) is 5.14. The van der Waals surface area contributed by atoms with Crippen LogP contribution in [0.3, 0.4) is 0 Å². The number of allylic oxidation sites excluding steroid dienone is 1. The van der Waals surface area contributed by atoms with E-state index in [1.54, 1.807) is 6.92 Å². The highest BCUT2D eigenvalue weighted by Crippen LogP contribution is 1.90. The molecular weight excluding hydrogens is 104 g/mol. The highest BCUT2D eigenvalue weighted by molar-refractivity contribution is 5.92. The topological polar surface area (TPSA) is 37.3 Å². The van der Waals surface area contributed by atoms with E-state index in [0.717, 1.165) is 0 Å². The van der Waals surface area contributed by atoms with Crippen molar-refractivity contribution in [3.8, 4) is 0 Å². The summed E-state index contributed by atoms with van der Waals surface area (Å²) < 4.78 is 0. The molecule has 0 aromatic rings. The van der Waals surface area contributed by atoms with Crippen molar-refractivity contribution in [3.63, 3.8) is 0 Å². The van der Waals surface area contributed by atoms with Gasteiger partial charge in [0.25, 0.3) is 0 Å². The van der Waals surface area contributed by atoms with E-state index in [-0.39, 0.29) is 12.4 Å².